The van der Waals surface area contributed by atoms with Gasteiger partial charge in [0.1, 0.15) is 28.1 Å². The second kappa shape index (κ2) is 8.23. The Morgan fingerprint density at radius 1 is 1.09 bits per heavy atom. The van der Waals surface area contributed by atoms with Crippen LogP contribution in [0.15, 0.2) is 42.6 Å². The third-order valence-corrected chi connectivity index (χ3v) is 7.32. The summed E-state index contributed by atoms with van der Waals surface area (Å²) in [6.45, 7) is 1.66. The summed E-state index contributed by atoms with van der Waals surface area (Å²) >= 11 is 0. The molecule has 2 aliphatic rings. The Morgan fingerprint density at radius 2 is 1.97 bits per heavy atom. The molecule has 7 heteroatoms. The zero-order valence-corrected chi connectivity index (χ0v) is 19.2. The van der Waals surface area contributed by atoms with Crippen LogP contribution in [0.2, 0.25) is 0 Å². The van der Waals surface area contributed by atoms with Crippen LogP contribution in [0, 0.1) is 11.3 Å². The highest BCUT2D eigenvalue weighted by atomic mass is 16.5. The number of pyridine rings is 2. The van der Waals surface area contributed by atoms with Crippen molar-refractivity contribution < 1.29 is 4.74 Å². The molecule has 7 nitrogen and oxygen atoms in total. The van der Waals surface area contributed by atoms with E-state index in [-0.39, 0.29) is 0 Å². The third-order valence-electron chi connectivity index (χ3n) is 7.32. The normalized spacial score (nSPS) is 16.8. The number of nitrogens with one attached hydrogen (secondary N) is 2. The van der Waals surface area contributed by atoms with Crippen LogP contribution in [0.3, 0.4) is 0 Å². The first-order valence-corrected chi connectivity index (χ1v) is 11.9. The number of ether oxygens (including phenoxy) is 1. The Hall–Kier alpha value is -3.76. The molecule has 1 aromatic carbocycles. The van der Waals surface area contributed by atoms with E-state index in [1.165, 1.54) is 17.5 Å². The van der Waals surface area contributed by atoms with E-state index in [0.717, 1.165) is 83.8 Å². The standard InChI is InChI=1S/C27H26N6O/c1-34-22-14-21-26(31-25(22)20-7-3-5-17-4-2-6-19(17)20)24(33-32-21)18-8-9-23(30-15-18)27(16-28)10-12-29-13-11-27/h3,5,7-9,14-15,29H,2,4,6,10-13H2,1H3,(H,32,33). The fourth-order valence-corrected chi connectivity index (χ4v) is 5.42. The van der Waals surface area contributed by atoms with Crippen LogP contribution in [-0.2, 0) is 18.3 Å². The predicted octanol–water partition coefficient (Wildman–Crippen LogP) is 4.33. The molecular formula is C27H26N6O. The molecule has 0 saturated carbocycles. The van der Waals surface area contributed by atoms with E-state index >= 15 is 0 Å². The summed E-state index contributed by atoms with van der Waals surface area (Å²) in [6.07, 6.45) is 6.71. The number of aryl methyl sites for hydroxylation is 1. The van der Waals surface area contributed by atoms with Crippen molar-refractivity contribution in [1.29, 1.82) is 5.26 Å². The van der Waals surface area contributed by atoms with Crippen LogP contribution in [0.25, 0.3) is 33.5 Å². The lowest BCUT2D eigenvalue weighted by Crippen LogP contribution is -2.39. The molecule has 4 aromatic rings. The number of aromatic amines is 1. The van der Waals surface area contributed by atoms with Crippen LogP contribution in [-0.4, -0.2) is 40.4 Å². The van der Waals surface area contributed by atoms with Crippen LogP contribution >= 0.6 is 0 Å². The van der Waals surface area contributed by atoms with Crippen LogP contribution in [0.4, 0.5) is 0 Å². The first kappa shape index (κ1) is 20.8. The van der Waals surface area contributed by atoms with Gasteiger partial charge in [-0.1, -0.05) is 18.2 Å². The summed E-state index contributed by atoms with van der Waals surface area (Å²) in [5.74, 6) is 0.735. The average Bonchev–Trinajstić information content (AvgIpc) is 3.55. The molecule has 34 heavy (non-hydrogen) atoms. The SMILES string of the molecule is COc1cc2[nH]nc(-c3ccc(C4(C#N)CCNCC4)nc3)c2nc1-c1cccc2c1CCC2. The van der Waals surface area contributed by atoms with Gasteiger partial charge >= 0.3 is 0 Å². The number of hydrogen-bond acceptors (Lipinski definition) is 6. The molecule has 1 fully saturated rings. The Balaban J connectivity index is 1.44. The topological polar surface area (TPSA) is 99.5 Å². The number of nitriles is 1. The molecule has 0 bridgehead atoms. The molecule has 1 aliphatic heterocycles. The van der Waals surface area contributed by atoms with E-state index in [9.17, 15) is 5.26 Å². The van der Waals surface area contributed by atoms with E-state index in [1.807, 2.05) is 24.4 Å². The van der Waals surface area contributed by atoms with E-state index in [4.69, 9.17) is 14.7 Å². The number of benzene rings is 1. The van der Waals surface area contributed by atoms with Gasteiger partial charge in [0.15, 0.2) is 0 Å². The summed E-state index contributed by atoms with van der Waals surface area (Å²) in [6, 6.07) is 14.9. The number of H-pyrrole nitrogens is 1. The number of methoxy groups -OCH3 is 1. The zero-order valence-electron chi connectivity index (χ0n) is 19.2. The van der Waals surface area contributed by atoms with Crippen LogP contribution in [0.5, 0.6) is 5.75 Å². The lowest BCUT2D eigenvalue weighted by atomic mass is 9.77. The molecule has 0 spiro atoms. The highest BCUT2D eigenvalue weighted by Crippen LogP contribution is 2.39. The summed E-state index contributed by atoms with van der Waals surface area (Å²) < 4.78 is 5.73. The lowest BCUT2D eigenvalue weighted by Gasteiger charge is -2.30. The maximum absolute atomic E-state index is 9.89. The quantitative estimate of drug-likeness (QED) is 0.480. The highest BCUT2D eigenvalue weighted by Gasteiger charge is 2.35. The fraction of sp³-hybridized carbons (Fsp3) is 0.333. The molecule has 2 N–H and O–H groups in total. The molecule has 1 aliphatic carbocycles. The predicted molar refractivity (Wildman–Crippen MR) is 131 cm³/mol. The monoisotopic (exact) mass is 450 g/mol. The van der Waals surface area contributed by atoms with Gasteiger partial charge in [0.05, 0.1) is 24.4 Å². The van der Waals surface area contributed by atoms with Crippen molar-refractivity contribution in [1.82, 2.24) is 25.5 Å². The molecular weight excluding hydrogens is 424 g/mol. The van der Waals surface area contributed by atoms with E-state index in [2.05, 4.69) is 39.8 Å². The summed E-state index contributed by atoms with van der Waals surface area (Å²) in [5, 5.41) is 20.9. The molecule has 0 unspecified atom stereocenters. The number of fused-ring (bicyclic) bond motifs is 2. The fourth-order valence-electron chi connectivity index (χ4n) is 5.42. The zero-order chi connectivity index (χ0) is 23.1. The number of hydrogen-bond donors (Lipinski definition) is 2. The lowest BCUT2D eigenvalue weighted by molar-refractivity contribution is 0.375. The number of rotatable bonds is 4. The molecule has 0 radical (unpaired) electrons. The molecule has 0 atom stereocenters. The van der Waals surface area contributed by atoms with Crippen LogP contribution < -0.4 is 10.1 Å². The Kier molecular flexibility index (Phi) is 5.04. The summed E-state index contributed by atoms with van der Waals surface area (Å²) in [5.41, 5.74) is 8.29. The smallest absolute Gasteiger partial charge is 0.147 e. The van der Waals surface area contributed by atoms with E-state index < -0.39 is 5.41 Å². The van der Waals surface area contributed by atoms with Crippen molar-refractivity contribution >= 4 is 11.0 Å². The number of nitrogens with zero attached hydrogens (tertiary/aromatic N) is 4. The van der Waals surface area contributed by atoms with Crippen molar-refractivity contribution in [3.8, 4) is 34.3 Å². The van der Waals surface area contributed by atoms with E-state index in [0.29, 0.717) is 0 Å². The van der Waals surface area contributed by atoms with Crippen molar-refractivity contribution in [2.75, 3.05) is 20.2 Å². The van der Waals surface area contributed by atoms with Gasteiger partial charge < -0.3 is 10.1 Å². The Morgan fingerprint density at radius 3 is 2.74 bits per heavy atom. The van der Waals surface area contributed by atoms with Crippen LogP contribution in [0.1, 0.15) is 36.1 Å². The van der Waals surface area contributed by atoms with Gasteiger partial charge in [-0.3, -0.25) is 10.1 Å². The van der Waals surface area contributed by atoms with Gasteiger partial charge in [-0.2, -0.15) is 10.4 Å². The molecule has 170 valence electrons. The highest BCUT2D eigenvalue weighted by molar-refractivity contribution is 5.93. The molecule has 1 saturated heterocycles. The third kappa shape index (κ3) is 3.25. The molecule has 6 rings (SSSR count). The second-order valence-electron chi connectivity index (χ2n) is 9.18. The molecule has 3 aromatic heterocycles. The summed E-state index contributed by atoms with van der Waals surface area (Å²) in [4.78, 5) is 9.78. The maximum atomic E-state index is 9.89. The van der Waals surface area contributed by atoms with Crippen molar-refractivity contribution in [3.05, 3.63) is 59.4 Å². The minimum Gasteiger partial charge on any atom is -0.494 e. The Labute approximate surface area is 198 Å². The largest absolute Gasteiger partial charge is 0.494 e. The first-order chi connectivity index (χ1) is 16.7. The van der Waals surface area contributed by atoms with Gasteiger partial charge in [0, 0.05) is 23.4 Å². The molecule has 0 amide bonds. The Bertz CT molecular complexity index is 1410. The maximum Gasteiger partial charge on any atom is 0.147 e. The number of piperidine rings is 1. The minimum atomic E-state index is -0.524. The minimum absolute atomic E-state index is 0.524. The second-order valence-corrected chi connectivity index (χ2v) is 9.18. The van der Waals surface area contributed by atoms with Gasteiger partial charge in [-0.15, -0.1) is 0 Å². The number of aromatic nitrogens is 4. The summed E-state index contributed by atoms with van der Waals surface area (Å²) in [7, 11) is 1.68. The molecule has 4 heterocycles. The van der Waals surface area contributed by atoms with Gasteiger partial charge in [-0.25, -0.2) is 4.98 Å². The first-order valence-electron chi connectivity index (χ1n) is 11.9. The average molecular weight is 451 g/mol. The van der Waals surface area contributed by atoms with Crippen molar-refractivity contribution in [2.24, 2.45) is 0 Å². The van der Waals surface area contributed by atoms with Gasteiger partial charge in [-0.05, 0) is 68.5 Å². The van der Waals surface area contributed by atoms with E-state index in [1.54, 1.807) is 7.11 Å². The van der Waals surface area contributed by atoms with Crippen molar-refractivity contribution in [2.45, 2.75) is 37.5 Å². The van der Waals surface area contributed by atoms with Gasteiger partial charge in [0.25, 0.3) is 0 Å². The van der Waals surface area contributed by atoms with Gasteiger partial charge in [0.2, 0.25) is 0 Å². The van der Waals surface area contributed by atoms with Crippen molar-refractivity contribution in [3.63, 3.8) is 0 Å².